The molecule has 0 unspecified atom stereocenters. The fourth-order valence-corrected chi connectivity index (χ4v) is 3.79. The van der Waals surface area contributed by atoms with Gasteiger partial charge in [0.25, 0.3) is 11.5 Å². The molecule has 1 saturated heterocycles. The maximum atomic E-state index is 12.6. The Morgan fingerprint density at radius 1 is 1.07 bits per heavy atom. The fourth-order valence-electron chi connectivity index (χ4n) is 3.79. The summed E-state index contributed by atoms with van der Waals surface area (Å²) in [5.41, 5.74) is 2.26. The molecule has 0 saturated carbocycles. The quantitative estimate of drug-likeness (QED) is 0.702. The number of benzene rings is 2. The predicted molar refractivity (Wildman–Crippen MR) is 114 cm³/mol. The third-order valence-electron chi connectivity index (χ3n) is 5.67. The van der Waals surface area contributed by atoms with Crippen molar-refractivity contribution in [3.63, 3.8) is 0 Å². The van der Waals surface area contributed by atoms with Crippen LogP contribution < -0.4 is 10.9 Å². The number of aromatic nitrogens is 2. The summed E-state index contributed by atoms with van der Waals surface area (Å²) >= 11 is 0. The van der Waals surface area contributed by atoms with Crippen molar-refractivity contribution in [1.82, 2.24) is 20.4 Å². The highest BCUT2D eigenvalue weighted by Gasteiger charge is 2.16. The number of likely N-dealkylation sites (tertiary alicyclic amines) is 1. The van der Waals surface area contributed by atoms with Gasteiger partial charge in [-0.1, -0.05) is 49.4 Å². The Morgan fingerprint density at radius 3 is 2.45 bits per heavy atom. The first-order chi connectivity index (χ1) is 14.1. The first kappa shape index (κ1) is 19.3. The number of hydrogen-bond donors (Lipinski definition) is 2. The lowest BCUT2D eigenvalue weighted by Gasteiger charge is -2.30. The van der Waals surface area contributed by atoms with Gasteiger partial charge in [0.2, 0.25) is 0 Å². The summed E-state index contributed by atoms with van der Waals surface area (Å²) in [6, 6.07) is 15.4. The predicted octanol–water partition coefficient (Wildman–Crippen LogP) is 3.09. The fraction of sp³-hybridized carbons (Fsp3) is 0.348. The molecule has 1 fully saturated rings. The van der Waals surface area contributed by atoms with Gasteiger partial charge in [-0.05, 0) is 49.0 Å². The number of nitrogens with zero attached hydrogens (tertiary/aromatic N) is 2. The van der Waals surface area contributed by atoms with Crippen LogP contribution in [0.5, 0.6) is 0 Å². The number of fused-ring (bicyclic) bond motifs is 1. The van der Waals surface area contributed by atoms with Crippen LogP contribution >= 0.6 is 0 Å². The van der Waals surface area contributed by atoms with Gasteiger partial charge in [-0.15, -0.1) is 0 Å². The molecule has 29 heavy (non-hydrogen) atoms. The number of carbonyl (C=O) groups excluding carboxylic acids is 1. The van der Waals surface area contributed by atoms with Crippen LogP contribution in [0.15, 0.2) is 53.3 Å². The first-order valence-electron chi connectivity index (χ1n) is 10.2. The van der Waals surface area contributed by atoms with E-state index in [1.54, 1.807) is 24.3 Å². The number of piperidine rings is 1. The minimum Gasteiger partial charge on any atom is -0.347 e. The Bertz CT molecular complexity index is 1050. The number of nitrogens with one attached hydrogen (secondary N) is 2. The zero-order valence-corrected chi connectivity index (χ0v) is 16.6. The van der Waals surface area contributed by atoms with E-state index < -0.39 is 0 Å². The molecule has 6 nitrogen and oxygen atoms in total. The highest BCUT2D eigenvalue weighted by Crippen LogP contribution is 2.18. The van der Waals surface area contributed by atoms with Crippen molar-refractivity contribution in [3.05, 3.63) is 75.7 Å². The molecule has 1 aliphatic heterocycles. The molecule has 3 aromatic rings. The molecule has 2 N–H and O–H groups in total. The molecule has 6 heteroatoms. The molecule has 1 amide bonds. The van der Waals surface area contributed by atoms with E-state index >= 15 is 0 Å². The molecule has 2 heterocycles. The number of hydrogen-bond acceptors (Lipinski definition) is 4. The van der Waals surface area contributed by atoms with Gasteiger partial charge in [0.05, 0.1) is 5.39 Å². The minimum atomic E-state index is -0.302. The second-order valence-electron chi connectivity index (χ2n) is 7.90. The summed E-state index contributed by atoms with van der Waals surface area (Å²) in [7, 11) is 0. The summed E-state index contributed by atoms with van der Waals surface area (Å²) < 4.78 is 0. The molecule has 1 aliphatic rings. The van der Waals surface area contributed by atoms with Crippen molar-refractivity contribution in [2.75, 3.05) is 13.1 Å². The number of H-pyrrole nitrogens is 1. The summed E-state index contributed by atoms with van der Waals surface area (Å²) in [5, 5.41) is 10.3. The van der Waals surface area contributed by atoms with Gasteiger partial charge in [0.15, 0.2) is 5.69 Å². The highest BCUT2D eigenvalue weighted by molar-refractivity contribution is 6.04. The molecule has 0 aliphatic carbocycles. The Kier molecular flexibility index (Phi) is 5.71. The van der Waals surface area contributed by atoms with Gasteiger partial charge in [-0.2, -0.15) is 5.10 Å². The summed E-state index contributed by atoms with van der Waals surface area (Å²) in [4.78, 5) is 27.0. The standard InChI is InChI=1S/C23H26N4O2/c1-16-10-12-27(13-11-16)15-18-8-6-17(7-9-18)14-24-23(29)21-19-4-2-3-5-20(19)22(28)26-25-21/h2-9,16H,10-15H2,1H3,(H,24,29)(H,26,28). The SMILES string of the molecule is CC1CCN(Cc2ccc(CNC(=O)c3n[nH]c(=O)c4ccccc34)cc2)CC1. The molecule has 0 atom stereocenters. The normalized spacial score (nSPS) is 15.5. The van der Waals surface area contributed by atoms with Crippen LogP contribution in [0.4, 0.5) is 0 Å². The van der Waals surface area contributed by atoms with Crippen molar-refractivity contribution in [3.8, 4) is 0 Å². The number of rotatable bonds is 5. The largest absolute Gasteiger partial charge is 0.347 e. The zero-order chi connectivity index (χ0) is 20.2. The lowest BCUT2D eigenvalue weighted by molar-refractivity contribution is 0.0946. The average molecular weight is 390 g/mol. The smallest absolute Gasteiger partial charge is 0.272 e. The van der Waals surface area contributed by atoms with Crippen LogP contribution in [0.25, 0.3) is 10.8 Å². The van der Waals surface area contributed by atoms with E-state index in [2.05, 4.69) is 51.6 Å². The molecule has 1 aromatic heterocycles. The van der Waals surface area contributed by atoms with Crippen molar-refractivity contribution in [2.24, 2.45) is 5.92 Å². The van der Waals surface area contributed by atoms with Crippen LogP contribution in [0, 0.1) is 5.92 Å². The number of carbonyl (C=O) groups is 1. The van der Waals surface area contributed by atoms with E-state index in [0.717, 1.165) is 18.0 Å². The van der Waals surface area contributed by atoms with Gasteiger partial charge in [0.1, 0.15) is 0 Å². The van der Waals surface area contributed by atoms with Crippen LogP contribution in [-0.4, -0.2) is 34.1 Å². The average Bonchev–Trinajstić information content (AvgIpc) is 2.75. The topological polar surface area (TPSA) is 78.1 Å². The van der Waals surface area contributed by atoms with Gasteiger partial charge in [0, 0.05) is 18.5 Å². The van der Waals surface area contributed by atoms with Crippen molar-refractivity contribution < 1.29 is 4.79 Å². The highest BCUT2D eigenvalue weighted by atomic mass is 16.2. The Hall–Kier alpha value is -2.99. The van der Waals surface area contributed by atoms with Crippen LogP contribution in [0.2, 0.25) is 0 Å². The molecule has 4 rings (SSSR count). The summed E-state index contributed by atoms with van der Waals surface area (Å²) in [6.07, 6.45) is 2.55. The van der Waals surface area contributed by atoms with E-state index in [0.29, 0.717) is 17.3 Å². The Morgan fingerprint density at radius 2 is 1.72 bits per heavy atom. The van der Waals surface area contributed by atoms with E-state index in [4.69, 9.17) is 0 Å². The molecule has 0 bridgehead atoms. The first-order valence-corrected chi connectivity index (χ1v) is 10.2. The molecule has 2 aromatic carbocycles. The number of amides is 1. The molecule has 150 valence electrons. The van der Waals surface area contributed by atoms with E-state index in [1.807, 2.05) is 0 Å². The third kappa shape index (κ3) is 4.54. The van der Waals surface area contributed by atoms with Gasteiger partial charge >= 0.3 is 0 Å². The Balaban J connectivity index is 1.37. The van der Waals surface area contributed by atoms with Crippen molar-refractivity contribution in [2.45, 2.75) is 32.9 Å². The van der Waals surface area contributed by atoms with Gasteiger partial charge in [-0.25, -0.2) is 5.10 Å². The third-order valence-corrected chi connectivity index (χ3v) is 5.67. The van der Waals surface area contributed by atoms with Crippen molar-refractivity contribution >= 4 is 16.7 Å². The lowest BCUT2D eigenvalue weighted by atomic mass is 9.99. The Labute approximate surface area is 169 Å². The summed E-state index contributed by atoms with van der Waals surface area (Å²) in [6.45, 7) is 6.05. The van der Waals surface area contributed by atoms with E-state index in [9.17, 15) is 9.59 Å². The zero-order valence-electron chi connectivity index (χ0n) is 16.6. The van der Waals surface area contributed by atoms with Crippen molar-refractivity contribution in [1.29, 1.82) is 0 Å². The van der Waals surface area contributed by atoms with Gasteiger partial charge < -0.3 is 5.32 Å². The second-order valence-corrected chi connectivity index (χ2v) is 7.90. The number of aromatic amines is 1. The lowest BCUT2D eigenvalue weighted by Crippen LogP contribution is -2.32. The molecular weight excluding hydrogens is 364 g/mol. The van der Waals surface area contributed by atoms with Gasteiger partial charge in [-0.3, -0.25) is 14.5 Å². The minimum absolute atomic E-state index is 0.233. The van der Waals surface area contributed by atoms with E-state index in [1.165, 1.54) is 31.5 Å². The van der Waals surface area contributed by atoms with Crippen LogP contribution in [0.1, 0.15) is 41.4 Å². The second kappa shape index (κ2) is 8.57. The monoisotopic (exact) mass is 390 g/mol. The molecular formula is C23H26N4O2. The van der Waals surface area contributed by atoms with Crippen LogP contribution in [-0.2, 0) is 13.1 Å². The summed E-state index contributed by atoms with van der Waals surface area (Å²) in [5.74, 6) is 0.537. The maximum absolute atomic E-state index is 12.6. The van der Waals surface area contributed by atoms with E-state index in [-0.39, 0.29) is 17.2 Å². The maximum Gasteiger partial charge on any atom is 0.272 e. The molecule has 0 spiro atoms. The van der Waals surface area contributed by atoms with Crippen LogP contribution in [0.3, 0.4) is 0 Å². The molecule has 0 radical (unpaired) electrons.